The SMILES string of the molecule is CC(C(=O)O)N(C)S(=O)(=O)c1cnc2[nH]c(=O)[nH]c(=O)c2c1. The maximum atomic E-state index is 12.3. The second-order valence-electron chi connectivity index (χ2n) is 4.51. The monoisotopic (exact) mass is 328 g/mol. The Bertz CT molecular complexity index is 960. The molecule has 0 radical (unpaired) electrons. The second kappa shape index (κ2) is 5.35. The van der Waals surface area contributed by atoms with Crippen LogP contribution >= 0.6 is 0 Å². The number of carboxylic acids is 1. The summed E-state index contributed by atoms with van der Waals surface area (Å²) in [4.78, 5) is 41.3. The highest BCUT2D eigenvalue weighted by molar-refractivity contribution is 7.89. The Morgan fingerprint density at radius 1 is 1.36 bits per heavy atom. The fourth-order valence-corrected chi connectivity index (χ4v) is 2.99. The van der Waals surface area contributed by atoms with Crippen LogP contribution in [0.5, 0.6) is 0 Å². The lowest BCUT2D eigenvalue weighted by Gasteiger charge is -2.20. The Kier molecular flexibility index (Phi) is 3.85. The number of likely N-dealkylation sites (N-methyl/N-ethyl adjacent to an activating group) is 1. The zero-order chi connectivity index (χ0) is 16.7. The maximum absolute atomic E-state index is 12.3. The van der Waals surface area contributed by atoms with Crippen molar-refractivity contribution in [1.29, 1.82) is 0 Å². The Hall–Kier alpha value is -2.53. The number of H-pyrrole nitrogens is 2. The van der Waals surface area contributed by atoms with Crippen molar-refractivity contribution in [2.75, 3.05) is 7.05 Å². The van der Waals surface area contributed by atoms with Gasteiger partial charge in [0.05, 0.1) is 5.39 Å². The summed E-state index contributed by atoms with van der Waals surface area (Å²) in [6.45, 7) is 1.21. The predicted molar refractivity (Wildman–Crippen MR) is 75.0 cm³/mol. The number of aromatic nitrogens is 3. The summed E-state index contributed by atoms with van der Waals surface area (Å²) < 4.78 is 25.3. The molecule has 118 valence electrons. The molecule has 2 aromatic rings. The van der Waals surface area contributed by atoms with Crippen molar-refractivity contribution in [1.82, 2.24) is 19.3 Å². The molecular weight excluding hydrogens is 316 g/mol. The average molecular weight is 328 g/mol. The first-order valence-electron chi connectivity index (χ1n) is 5.98. The van der Waals surface area contributed by atoms with Gasteiger partial charge in [0, 0.05) is 13.2 Å². The third-order valence-electron chi connectivity index (χ3n) is 3.15. The van der Waals surface area contributed by atoms with Crippen LogP contribution in [0.2, 0.25) is 0 Å². The van der Waals surface area contributed by atoms with Gasteiger partial charge in [-0.3, -0.25) is 19.6 Å². The van der Waals surface area contributed by atoms with Gasteiger partial charge >= 0.3 is 11.7 Å². The van der Waals surface area contributed by atoms with E-state index in [-0.39, 0.29) is 15.9 Å². The molecule has 11 heteroatoms. The summed E-state index contributed by atoms with van der Waals surface area (Å²) in [6, 6.07) is -0.271. The topological polar surface area (TPSA) is 153 Å². The molecule has 0 bridgehead atoms. The quantitative estimate of drug-likeness (QED) is 0.630. The first kappa shape index (κ1) is 15.9. The molecule has 0 aliphatic rings. The van der Waals surface area contributed by atoms with E-state index in [0.717, 1.165) is 19.3 Å². The van der Waals surface area contributed by atoms with Gasteiger partial charge in [-0.2, -0.15) is 4.31 Å². The molecule has 0 aliphatic heterocycles. The molecule has 0 aliphatic carbocycles. The molecule has 0 amide bonds. The lowest BCUT2D eigenvalue weighted by Crippen LogP contribution is -2.40. The van der Waals surface area contributed by atoms with E-state index < -0.39 is 33.3 Å². The van der Waals surface area contributed by atoms with Gasteiger partial charge < -0.3 is 5.11 Å². The van der Waals surface area contributed by atoms with Crippen molar-refractivity contribution in [3.05, 3.63) is 33.1 Å². The lowest BCUT2D eigenvalue weighted by molar-refractivity contribution is -0.140. The van der Waals surface area contributed by atoms with Gasteiger partial charge in [0.25, 0.3) is 5.56 Å². The minimum atomic E-state index is -4.16. The third-order valence-corrected chi connectivity index (χ3v) is 5.04. The van der Waals surface area contributed by atoms with E-state index in [1.165, 1.54) is 6.92 Å². The van der Waals surface area contributed by atoms with E-state index in [1.807, 2.05) is 4.98 Å². The highest BCUT2D eigenvalue weighted by atomic mass is 32.2. The summed E-state index contributed by atoms with van der Waals surface area (Å²) in [6.07, 6.45) is 0.943. The minimum absolute atomic E-state index is 0.0679. The molecule has 0 aromatic carbocycles. The number of nitrogens with zero attached hydrogens (tertiary/aromatic N) is 2. The van der Waals surface area contributed by atoms with E-state index >= 15 is 0 Å². The van der Waals surface area contributed by atoms with Crippen LogP contribution in [0.1, 0.15) is 6.92 Å². The van der Waals surface area contributed by atoms with E-state index in [4.69, 9.17) is 5.11 Å². The van der Waals surface area contributed by atoms with Crippen LogP contribution in [0.4, 0.5) is 0 Å². The van der Waals surface area contributed by atoms with Crippen molar-refractivity contribution in [3.63, 3.8) is 0 Å². The van der Waals surface area contributed by atoms with Gasteiger partial charge in [-0.15, -0.1) is 0 Å². The Labute approximate surface area is 123 Å². The second-order valence-corrected chi connectivity index (χ2v) is 6.51. The summed E-state index contributed by atoms with van der Waals surface area (Å²) in [5, 5.41) is 8.76. The molecule has 2 heterocycles. The highest BCUT2D eigenvalue weighted by Crippen LogP contribution is 2.17. The molecule has 1 atom stereocenters. The standard InChI is InChI=1S/C11H12N4O6S/c1-5(10(17)18)15(2)22(20,21)6-3-7-8(12-4-6)13-11(19)14-9(7)16/h3-5H,1-2H3,(H,17,18)(H2,12,13,14,16,19). The number of pyridine rings is 1. The van der Waals surface area contributed by atoms with Gasteiger partial charge in [0.2, 0.25) is 10.0 Å². The number of sulfonamides is 1. The number of hydrogen-bond acceptors (Lipinski definition) is 6. The molecule has 10 nitrogen and oxygen atoms in total. The van der Waals surface area contributed by atoms with Crippen LogP contribution in [-0.2, 0) is 14.8 Å². The molecule has 0 saturated carbocycles. The first-order valence-corrected chi connectivity index (χ1v) is 7.42. The van der Waals surface area contributed by atoms with Crippen molar-refractivity contribution in [2.45, 2.75) is 17.9 Å². The van der Waals surface area contributed by atoms with E-state index in [2.05, 4.69) is 9.97 Å². The summed E-state index contributed by atoms with van der Waals surface area (Å²) in [5.74, 6) is -1.32. The fraction of sp³-hybridized carbons (Fsp3) is 0.273. The summed E-state index contributed by atoms with van der Waals surface area (Å²) >= 11 is 0. The fourth-order valence-electron chi connectivity index (χ4n) is 1.70. The van der Waals surface area contributed by atoms with Crippen molar-refractivity contribution in [3.8, 4) is 0 Å². The van der Waals surface area contributed by atoms with E-state index in [0.29, 0.717) is 4.31 Å². The van der Waals surface area contributed by atoms with Crippen LogP contribution in [0.3, 0.4) is 0 Å². The summed E-state index contributed by atoms with van der Waals surface area (Å²) in [7, 11) is -3.05. The van der Waals surface area contributed by atoms with Crippen LogP contribution in [-0.4, -0.2) is 51.8 Å². The summed E-state index contributed by atoms with van der Waals surface area (Å²) in [5.41, 5.74) is -1.63. The molecule has 3 N–H and O–H groups in total. The number of fused-ring (bicyclic) bond motifs is 1. The molecule has 22 heavy (non-hydrogen) atoms. The van der Waals surface area contributed by atoms with Gasteiger partial charge in [0.1, 0.15) is 16.6 Å². The molecule has 2 rings (SSSR count). The molecule has 1 unspecified atom stereocenters. The smallest absolute Gasteiger partial charge is 0.327 e. The van der Waals surface area contributed by atoms with Gasteiger partial charge in [-0.05, 0) is 13.0 Å². The first-order chi connectivity index (χ1) is 10.1. The zero-order valence-electron chi connectivity index (χ0n) is 11.5. The zero-order valence-corrected chi connectivity index (χ0v) is 12.3. The molecule has 2 aromatic heterocycles. The number of aromatic amines is 2. The van der Waals surface area contributed by atoms with E-state index in [1.54, 1.807) is 0 Å². The number of rotatable bonds is 4. The van der Waals surface area contributed by atoms with Gasteiger partial charge in [-0.1, -0.05) is 0 Å². The van der Waals surface area contributed by atoms with E-state index in [9.17, 15) is 22.8 Å². The molecule has 0 spiro atoms. The predicted octanol–water partition coefficient (Wildman–Crippen LogP) is -1.29. The minimum Gasteiger partial charge on any atom is -0.480 e. The van der Waals surface area contributed by atoms with Gasteiger partial charge in [0.15, 0.2) is 0 Å². The highest BCUT2D eigenvalue weighted by Gasteiger charge is 2.30. The Morgan fingerprint density at radius 2 is 2.00 bits per heavy atom. The largest absolute Gasteiger partial charge is 0.480 e. The maximum Gasteiger partial charge on any atom is 0.327 e. The number of aliphatic carboxylic acids is 1. The number of carboxylic acid groups (broad SMARTS) is 1. The van der Waals surface area contributed by atoms with Crippen LogP contribution in [0, 0.1) is 0 Å². The third kappa shape index (κ3) is 2.63. The molecule has 0 saturated heterocycles. The van der Waals surface area contributed by atoms with Crippen LogP contribution in [0.25, 0.3) is 11.0 Å². The van der Waals surface area contributed by atoms with Crippen molar-refractivity contribution >= 4 is 27.0 Å². The van der Waals surface area contributed by atoms with Gasteiger partial charge in [-0.25, -0.2) is 18.2 Å². The Balaban J connectivity index is 2.62. The van der Waals surface area contributed by atoms with Crippen molar-refractivity contribution in [2.24, 2.45) is 0 Å². The number of carbonyl (C=O) groups is 1. The average Bonchev–Trinajstić information content (AvgIpc) is 2.44. The molecular formula is C11H12N4O6S. The van der Waals surface area contributed by atoms with Crippen LogP contribution in [0.15, 0.2) is 26.7 Å². The number of hydrogen-bond donors (Lipinski definition) is 3. The normalized spacial score (nSPS) is 13.4. The lowest BCUT2D eigenvalue weighted by atomic mass is 10.3. The van der Waals surface area contributed by atoms with Crippen LogP contribution < -0.4 is 11.2 Å². The number of nitrogens with one attached hydrogen (secondary N) is 2. The Morgan fingerprint density at radius 3 is 2.59 bits per heavy atom. The molecule has 0 fully saturated rings. The van der Waals surface area contributed by atoms with Crippen molar-refractivity contribution < 1.29 is 18.3 Å².